The van der Waals surface area contributed by atoms with Crippen LogP contribution in [0.5, 0.6) is 0 Å². The van der Waals surface area contributed by atoms with Gasteiger partial charge in [0.15, 0.2) is 0 Å². The molecular formula is C11H18N4. The molecule has 0 amide bonds. The van der Waals surface area contributed by atoms with Crippen LogP contribution in [-0.4, -0.2) is 15.8 Å². The van der Waals surface area contributed by atoms with Gasteiger partial charge in [-0.2, -0.15) is 10.4 Å². The fraction of sp³-hybridized carbons (Fsp3) is 0.636. The summed E-state index contributed by atoms with van der Waals surface area (Å²) < 4.78 is 1.76. The molecule has 0 bridgehead atoms. The number of nitrogens with one attached hydrogen (secondary N) is 1. The Kier molecular flexibility index (Phi) is 3.87. The number of aryl methyl sites for hydroxylation is 1. The predicted octanol–water partition coefficient (Wildman–Crippen LogP) is 1.52. The Morgan fingerprint density at radius 2 is 2.13 bits per heavy atom. The molecule has 0 aromatic carbocycles. The molecule has 1 aromatic heterocycles. The third-order valence-corrected chi connectivity index (χ3v) is 2.44. The van der Waals surface area contributed by atoms with Crippen molar-refractivity contribution in [1.82, 2.24) is 15.1 Å². The second kappa shape index (κ2) is 4.94. The molecule has 0 saturated carbocycles. The van der Waals surface area contributed by atoms with E-state index in [2.05, 4.69) is 30.3 Å². The maximum atomic E-state index is 8.64. The van der Waals surface area contributed by atoms with Crippen molar-refractivity contribution in [3.05, 3.63) is 17.0 Å². The fourth-order valence-corrected chi connectivity index (χ4v) is 1.52. The second-order valence-electron chi connectivity index (χ2n) is 4.00. The number of nitrogens with zero attached hydrogens (tertiary/aromatic N) is 3. The van der Waals surface area contributed by atoms with Crippen LogP contribution in [0.1, 0.15) is 30.8 Å². The van der Waals surface area contributed by atoms with E-state index in [0.717, 1.165) is 17.9 Å². The van der Waals surface area contributed by atoms with Crippen LogP contribution in [0.2, 0.25) is 0 Å². The molecule has 0 spiro atoms. The highest BCUT2D eigenvalue weighted by atomic mass is 15.3. The molecule has 4 nitrogen and oxygen atoms in total. The summed E-state index contributed by atoms with van der Waals surface area (Å²) in [5.74, 6) is 0. The van der Waals surface area contributed by atoms with Crippen LogP contribution >= 0.6 is 0 Å². The van der Waals surface area contributed by atoms with Crippen molar-refractivity contribution in [2.75, 3.05) is 0 Å². The van der Waals surface area contributed by atoms with Gasteiger partial charge in [-0.15, -0.1) is 0 Å². The van der Waals surface area contributed by atoms with E-state index in [0.29, 0.717) is 12.6 Å². The molecular weight excluding hydrogens is 188 g/mol. The minimum absolute atomic E-state index is 0.328. The lowest BCUT2D eigenvalue weighted by Crippen LogP contribution is -2.22. The van der Waals surface area contributed by atoms with Crippen LogP contribution in [0.15, 0.2) is 0 Å². The van der Waals surface area contributed by atoms with E-state index < -0.39 is 0 Å². The zero-order chi connectivity index (χ0) is 11.4. The Hall–Kier alpha value is -1.34. The van der Waals surface area contributed by atoms with Gasteiger partial charge in [0.05, 0.1) is 11.8 Å². The quantitative estimate of drug-likeness (QED) is 0.812. The Morgan fingerprint density at radius 1 is 1.47 bits per heavy atom. The van der Waals surface area contributed by atoms with Crippen LogP contribution < -0.4 is 5.32 Å². The molecule has 0 unspecified atom stereocenters. The van der Waals surface area contributed by atoms with Crippen molar-refractivity contribution >= 4 is 0 Å². The van der Waals surface area contributed by atoms with Crippen molar-refractivity contribution in [3.63, 3.8) is 0 Å². The largest absolute Gasteiger partial charge is 0.310 e. The van der Waals surface area contributed by atoms with E-state index >= 15 is 0 Å². The normalized spacial score (nSPS) is 10.7. The highest BCUT2D eigenvalue weighted by molar-refractivity contribution is 5.24. The predicted molar refractivity (Wildman–Crippen MR) is 59.3 cm³/mol. The molecule has 1 rings (SSSR count). The maximum absolute atomic E-state index is 8.64. The SMILES string of the molecule is Cc1nn(CC#N)c(C)c1CNC(C)C. The summed E-state index contributed by atoms with van der Waals surface area (Å²) in [6, 6.07) is 2.57. The summed E-state index contributed by atoms with van der Waals surface area (Å²) in [4.78, 5) is 0. The van der Waals surface area contributed by atoms with Gasteiger partial charge in [0.25, 0.3) is 0 Å². The molecule has 1 aromatic rings. The topological polar surface area (TPSA) is 53.6 Å². The summed E-state index contributed by atoms with van der Waals surface area (Å²) in [5.41, 5.74) is 3.30. The molecule has 0 aliphatic heterocycles. The van der Waals surface area contributed by atoms with E-state index in [9.17, 15) is 0 Å². The molecule has 0 atom stereocenters. The zero-order valence-electron chi connectivity index (χ0n) is 9.83. The lowest BCUT2D eigenvalue weighted by Gasteiger charge is -2.08. The summed E-state index contributed by atoms with van der Waals surface area (Å²) >= 11 is 0. The van der Waals surface area contributed by atoms with Crippen LogP contribution in [-0.2, 0) is 13.1 Å². The van der Waals surface area contributed by atoms with Gasteiger partial charge in [-0.1, -0.05) is 13.8 Å². The molecule has 0 radical (unpaired) electrons. The molecule has 15 heavy (non-hydrogen) atoms. The maximum Gasteiger partial charge on any atom is 0.128 e. The van der Waals surface area contributed by atoms with Crippen LogP contribution in [0.4, 0.5) is 0 Å². The third kappa shape index (κ3) is 2.80. The summed E-state index contributed by atoms with van der Waals surface area (Å²) in [5, 5.41) is 16.3. The minimum atomic E-state index is 0.328. The number of hydrogen-bond acceptors (Lipinski definition) is 3. The zero-order valence-corrected chi connectivity index (χ0v) is 9.83. The first-order valence-electron chi connectivity index (χ1n) is 5.19. The first kappa shape index (κ1) is 11.7. The second-order valence-corrected chi connectivity index (χ2v) is 4.00. The van der Waals surface area contributed by atoms with Gasteiger partial charge in [0, 0.05) is 23.8 Å². The van der Waals surface area contributed by atoms with Crippen molar-refractivity contribution in [2.24, 2.45) is 0 Å². The molecule has 1 N–H and O–H groups in total. The van der Waals surface area contributed by atoms with Gasteiger partial charge in [-0.05, 0) is 13.8 Å². The van der Waals surface area contributed by atoms with E-state index in [1.165, 1.54) is 5.56 Å². The molecule has 0 saturated heterocycles. The van der Waals surface area contributed by atoms with E-state index in [4.69, 9.17) is 5.26 Å². The van der Waals surface area contributed by atoms with Gasteiger partial charge in [-0.3, -0.25) is 4.68 Å². The van der Waals surface area contributed by atoms with Crippen molar-refractivity contribution in [3.8, 4) is 6.07 Å². The van der Waals surface area contributed by atoms with Crippen LogP contribution in [0, 0.1) is 25.2 Å². The molecule has 4 heteroatoms. The Labute approximate surface area is 90.9 Å². The van der Waals surface area contributed by atoms with Gasteiger partial charge in [0.2, 0.25) is 0 Å². The highest BCUT2D eigenvalue weighted by Crippen LogP contribution is 2.12. The van der Waals surface area contributed by atoms with E-state index in [-0.39, 0.29) is 0 Å². The fourth-order valence-electron chi connectivity index (χ4n) is 1.52. The monoisotopic (exact) mass is 206 g/mol. The summed E-state index contributed by atoms with van der Waals surface area (Å²) in [7, 11) is 0. The highest BCUT2D eigenvalue weighted by Gasteiger charge is 2.10. The molecule has 82 valence electrons. The first-order chi connectivity index (χ1) is 7.06. The van der Waals surface area contributed by atoms with Gasteiger partial charge in [-0.25, -0.2) is 0 Å². The lowest BCUT2D eigenvalue weighted by atomic mass is 10.2. The molecule has 0 fully saturated rings. The van der Waals surface area contributed by atoms with E-state index in [1.807, 2.05) is 13.8 Å². The lowest BCUT2D eigenvalue weighted by molar-refractivity contribution is 0.585. The smallest absolute Gasteiger partial charge is 0.128 e. The molecule has 1 heterocycles. The summed E-state index contributed by atoms with van der Waals surface area (Å²) in [6.45, 7) is 9.37. The third-order valence-electron chi connectivity index (χ3n) is 2.44. The number of rotatable bonds is 4. The van der Waals surface area contributed by atoms with Gasteiger partial charge >= 0.3 is 0 Å². The summed E-state index contributed by atoms with van der Waals surface area (Å²) in [6.07, 6.45) is 0. The Balaban J connectivity index is 2.84. The number of nitriles is 1. The Morgan fingerprint density at radius 3 is 2.67 bits per heavy atom. The standard InChI is InChI=1S/C11H18N4/c1-8(2)13-7-11-9(3)14-15(6-5-12)10(11)4/h8,13H,6-7H2,1-4H3. The Bertz CT molecular complexity index is 371. The molecule has 0 aliphatic carbocycles. The first-order valence-corrected chi connectivity index (χ1v) is 5.19. The van der Waals surface area contributed by atoms with Crippen molar-refractivity contribution in [1.29, 1.82) is 5.26 Å². The van der Waals surface area contributed by atoms with Crippen LogP contribution in [0.3, 0.4) is 0 Å². The molecule has 0 aliphatic rings. The minimum Gasteiger partial charge on any atom is -0.310 e. The number of hydrogen-bond donors (Lipinski definition) is 1. The van der Waals surface area contributed by atoms with Gasteiger partial charge in [0.1, 0.15) is 6.54 Å². The van der Waals surface area contributed by atoms with Crippen molar-refractivity contribution in [2.45, 2.75) is 46.8 Å². The average Bonchev–Trinajstić information content (AvgIpc) is 2.40. The number of aromatic nitrogens is 2. The average molecular weight is 206 g/mol. The van der Waals surface area contributed by atoms with E-state index in [1.54, 1.807) is 4.68 Å². The van der Waals surface area contributed by atoms with Crippen LogP contribution in [0.25, 0.3) is 0 Å². The van der Waals surface area contributed by atoms with Crippen molar-refractivity contribution < 1.29 is 0 Å². The van der Waals surface area contributed by atoms with Gasteiger partial charge < -0.3 is 5.32 Å².